The molecule has 1 heteroatoms. The fourth-order valence-electron chi connectivity index (χ4n) is 2.66. The molecule has 0 heterocycles. The summed E-state index contributed by atoms with van der Waals surface area (Å²) in [6, 6.07) is 0. The monoisotopic (exact) mass is 366 g/mol. The van der Waals surface area contributed by atoms with Gasteiger partial charge in [-0.1, -0.05) is 113 Å². The van der Waals surface area contributed by atoms with E-state index in [0.29, 0.717) is 0 Å². The second-order valence-corrected chi connectivity index (χ2v) is 6.83. The van der Waals surface area contributed by atoms with Crippen LogP contribution >= 0.6 is 22.6 Å². The van der Waals surface area contributed by atoms with Gasteiger partial charge in [-0.3, -0.25) is 0 Å². The van der Waals surface area contributed by atoms with Crippen LogP contribution in [-0.2, 0) is 0 Å². The maximum atomic E-state index is 2.55. The maximum absolute atomic E-state index is 2.55. The normalized spacial score (nSPS) is 12.8. The average molecular weight is 366 g/mol. The minimum Gasteiger partial charge on any atom is -0.0864 e. The Kier molecular flexibility index (Phi) is 16.4. The molecule has 110 valence electrons. The Labute approximate surface area is 130 Å². The summed E-state index contributed by atoms with van der Waals surface area (Å²) in [5.74, 6) is 1.03. The largest absolute Gasteiger partial charge is 0.0864 e. The van der Waals surface area contributed by atoms with Gasteiger partial charge in [0.05, 0.1) is 0 Å². The molecule has 0 spiro atoms. The van der Waals surface area contributed by atoms with Gasteiger partial charge in [0.15, 0.2) is 0 Å². The first-order valence-corrected chi connectivity index (χ1v) is 9.93. The van der Waals surface area contributed by atoms with Crippen molar-refractivity contribution >= 4 is 22.6 Å². The Morgan fingerprint density at radius 1 is 0.611 bits per heavy atom. The summed E-state index contributed by atoms with van der Waals surface area (Å²) in [6.07, 6.45) is 18.9. The molecule has 0 aromatic carbocycles. The minimum atomic E-state index is 1.03. The quantitative estimate of drug-likeness (QED) is 0.174. The van der Waals surface area contributed by atoms with Crippen molar-refractivity contribution in [3.8, 4) is 0 Å². The lowest BCUT2D eigenvalue weighted by Gasteiger charge is -2.15. The number of halogens is 1. The van der Waals surface area contributed by atoms with Crippen LogP contribution < -0.4 is 0 Å². The van der Waals surface area contributed by atoms with E-state index in [9.17, 15) is 0 Å². The van der Waals surface area contributed by atoms with Gasteiger partial charge in [-0.05, 0) is 16.8 Å². The standard InChI is InChI=1S/C17H35I/c1-3-5-7-9-10-12-14-17(15-16-18)13-11-8-6-4-2/h17H,3-16H2,1-2H3. The van der Waals surface area contributed by atoms with Crippen molar-refractivity contribution < 1.29 is 0 Å². The Balaban J connectivity index is 3.44. The van der Waals surface area contributed by atoms with E-state index in [4.69, 9.17) is 0 Å². The number of hydrogen-bond donors (Lipinski definition) is 0. The first-order chi connectivity index (χ1) is 8.85. The highest BCUT2D eigenvalue weighted by Crippen LogP contribution is 2.22. The molecule has 0 aromatic heterocycles. The van der Waals surface area contributed by atoms with Crippen molar-refractivity contribution in [2.75, 3.05) is 4.43 Å². The SMILES string of the molecule is CCCCCCCCC(CCI)CCCCCC. The number of alkyl halides is 1. The molecule has 0 saturated carbocycles. The molecule has 0 saturated heterocycles. The number of unbranched alkanes of at least 4 members (excludes halogenated alkanes) is 8. The molecule has 0 N–H and O–H groups in total. The van der Waals surface area contributed by atoms with Gasteiger partial charge in [-0.15, -0.1) is 0 Å². The molecular weight excluding hydrogens is 331 g/mol. The van der Waals surface area contributed by atoms with Crippen LogP contribution in [0.25, 0.3) is 0 Å². The van der Waals surface area contributed by atoms with Gasteiger partial charge >= 0.3 is 0 Å². The van der Waals surface area contributed by atoms with Crippen LogP contribution in [0.15, 0.2) is 0 Å². The highest BCUT2D eigenvalue weighted by atomic mass is 127. The van der Waals surface area contributed by atoms with Crippen molar-refractivity contribution in [3.05, 3.63) is 0 Å². The summed E-state index contributed by atoms with van der Waals surface area (Å²) in [5.41, 5.74) is 0. The molecule has 0 nitrogen and oxygen atoms in total. The second-order valence-electron chi connectivity index (χ2n) is 5.75. The molecule has 0 aliphatic rings. The number of rotatable bonds is 14. The van der Waals surface area contributed by atoms with Crippen molar-refractivity contribution in [1.82, 2.24) is 0 Å². The summed E-state index contributed by atoms with van der Waals surface area (Å²) in [5, 5.41) is 0. The van der Waals surface area contributed by atoms with Crippen LogP contribution in [0, 0.1) is 5.92 Å². The van der Waals surface area contributed by atoms with Crippen LogP contribution in [0.1, 0.15) is 97.3 Å². The third kappa shape index (κ3) is 13.2. The lowest BCUT2D eigenvalue weighted by atomic mass is 9.92. The van der Waals surface area contributed by atoms with Crippen LogP contribution in [0.2, 0.25) is 0 Å². The minimum absolute atomic E-state index is 1.03. The van der Waals surface area contributed by atoms with Gasteiger partial charge in [-0.2, -0.15) is 0 Å². The van der Waals surface area contributed by atoms with Crippen molar-refractivity contribution in [2.24, 2.45) is 5.92 Å². The molecule has 0 aliphatic carbocycles. The van der Waals surface area contributed by atoms with E-state index >= 15 is 0 Å². The van der Waals surface area contributed by atoms with Gasteiger partial charge in [-0.25, -0.2) is 0 Å². The predicted molar refractivity (Wildman–Crippen MR) is 93.7 cm³/mol. The Hall–Kier alpha value is 0.730. The molecule has 0 fully saturated rings. The van der Waals surface area contributed by atoms with Crippen molar-refractivity contribution in [2.45, 2.75) is 97.3 Å². The fourth-order valence-corrected chi connectivity index (χ4v) is 3.54. The summed E-state index contributed by atoms with van der Waals surface area (Å²) in [6.45, 7) is 4.60. The van der Waals surface area contributed by atoms with Crippen molar-refractivity contribution in [1.29, 1.82) is 0 Å². The lowest BCUT2D eigenvalue weighted by molar-refractivity contribution is 0.398. The first kappa shape index (κ1) is 18.7. The molecule has 0 aliphatic heterocycles. The third-order valence-corrected chi connectivity index (χ3v) is 4.57. The molecule has 1 atom stereocenters. The molecule has 0 bridgehead atoms. The zero-order valence-electron chi connectivity index (χ0n) is 12.9. The van der Waals surface area contributed by atoms with E-state index in [1.807, 2.05) is 0 Å². The Bertz CT molecular complexity index is 145. The van der Waals surface area contributed by atoms with Crippen LogP contribution in [-0.4, -0.2) is 4.43 Å². The third-order valence-electron chi connectivity index (χ3n) is 3.95. The summed E-state index contributed by atoms with van der Waals surface area (Å²) in [7, 11) is 0. The highest BCUT2D eigenvalue weighted by Gasteiger charge is 2.07. The molecular formula is C17H35I. The second kappa shape index (κ2) is 15.8. The van der Waals surface area contributed by atoms with E-state index in [1.54, 1.807) is 0 Å². The average Bonchev–Trinajstić information content (AvgIpc) is 2.38. The zero-order valence-corrected chi connectivity index (χ0v) is 15.0. The van der Waals surface area contributed by atoms with Gasteiger partial charge in [0.1, 0.15) is 0 Å². The van der Waals surface area contributed by atoms with Gasteiger partial charge in [0.25, 0.3) is 0 Å². The van der Waals surface area contributed by atoms with Crippen LogP contribution in [0.4, 0.5) is 0 Å². The van der Waals surface area contributed by atoms with Crippen molar-refractivity contribution in [3.63, 3.8) is 0 Å². The molecule has 18 heavy (non-hydrogen) atoms. The maximum Gasteiger partial charge on any atom is -0.000209 e. The summed E-state index contributed by atoms with van der Waals surface area (Å²) < 4.78 is 1.35. The van der Waals surface area contributed by atoms with Crippen LogP contribution in [0.5, 0.6) is 0 Å². The molecule has 0 aromatic rings. The predicted octanol–water partition coefficient (Wildman–Crippen LogP) is 7.15. The highest BCUT2D eigenvalue weighted by molar-refractivity contribution is 14.1. The molecule has 0 amide bonds. The van der Waals surface area contributed by atoms with E-state index < -0.39 is 0 Å². The molecule has 0 rings (SSSR count). The topological polar surface area (TPSA) is 0 Å². The zero-order chi connectivity index (χ0) is 13.5. The Morgan fingerprint density at radius 2 is 1.06 bits per heavy atom. The van der Waals surface area contributed by atoms with Gasteiger partial charge < -0.3 is 0 Å². The Morgan fingerprint density at radius 3 is 1.56 bits per heavy atom. The molecule has 1 unspecified atom stereocenters. The molecule has 0 radical (unpaired) electrons. The van der Waals surface area contributed by atoms with E-state index in [2.05, 4.69) is 36.4 Å². The van der Waals surface area contributed by atoms with E-state index in [1.165, 1.54) is 87.9 Å². The summed E-state index contributed by atoms with van der Waals surface area (Å²) >= 11 is 2.55. The fraction of sp³-hybridized carbons (Fsp3) is 1.00. The van der Waals surface area contributed by atoms with Gasteiger partial charge in [0.2, 0.25) is 0 Å². The van der Waals surface area contributed by atoms with E-state index in [0.717, 1.165) is 5.92 Å². The van der Waals surface area contributed by atoms with E-state index in [-0.39, 0.29) is 0 Å². The van der Waals surface area contributed by atoms with Crippen LogP contribution in [0.3, 0.4) is 0 Å². The lowest BCUT2D eigenvalue weighted by Crippen LogP contribution is -2.02. The number of hydrogen-bond acceptors (Lipinski definition) is 0. The first-order valence-electron chi connectivity index (χ1n) is 8.41. The summed E-state index contributed by atoms with van der Waals surface area (Å²) in [4.78, 5) is 0. The van der Waals surface area contributed by atoms with Gasteiger partial charge in [0, 0.05) is 0 Å². The smallest absolute Gasteiger partial charge is 0.000209 e.